The van der Waals surface area contributed by atoms with E-state index in [2.05, 4.69) is 25.3 Å². The molecule has 0 amide bonds. The second-order valence-electron chi connectivity index (χ2n) is 3.45. The molecule has 0 unspecified atom stereocenters. The molecule has 0 saturated carbocycles. The fourth-order valence-corrected chi connectivity index (χ4v) is 1.54. The third-order valence-corrected chi connectivity index (χ3v) is 2.33. The Kier molecular flexibility index (Phi) is 2.18. The third kappa shape index (κ3) is 1.80. The van der Waals surface area contributed by atoms with E-state index in [9.17, 15) is 4.39 Å². The maximum Gasteiger partial charge on any atom is 0.144 e. The molecule has 0 aliphatic carbocycles. The van der Waals surface area contributed by atoms with Crippen molar-refractivity contribution in [1.29, 1.82) is 0 Å². The molecule has 2 N–H and O–H groups in total. The van der Waals surface area contributed by atoms with Crippen LogP contribution in [0.3, 0.4) is 0 Å². The number of H-pyrrole nitrogens is 1. The lowest BCUT2D eigenvalue weighted by Gasteiger charge is -2.04. The number of fused-ring (bicyclic) bond motifs is 1. The molecule has 0 bridgehead atoms. The van der Waals surface area contributed by atoms with E-state index in [1.807, 2.05) is 6.07 Å². The molecule has 0 spiro atoms. The Labute approximate surface area is 95.8 Å². The Morgan fingerprint density at radius 3 is 2.88 bits per heavy atom. The van der Waals surface area contributed by atoms with Crippen LogP contribution in [0.1, 0.15) is 0 Å². The molecule has 3 heterocycles. The molecule has 0 aliphatic heterocycles. The van der Waals surface area contributed by atoms with E-state index in [1.165, 1.54) is 12.4 Å². The zero-order valence-corrected chi connectivity index (χ0v) is 8.68. The van der Waals surface area contributed by atoms with Gasteiger partial charge in [0.1, 0.15) is 29.4 Å². The van der Waals surface area contributed by atoms with Crippen molar-refractivity contribution < 1.29 is 4.39 Å². The van der Waals surface area contributed by atoms with Gasteiger partial charge in [-0.2, -0.15) is 0 Å². The molecular weight excluding hydrogens is 221 g/mol. The van der Waals surface area contributed by atoms with Crippen molar-refractivity contribution in [2.45, 2.75) is 0 Å². The summed E-state index contributed by atoms with van der Waals surface area (Å²) in [5, 5.41) is 3.87. The number of aromatic amines is 1. The highest BCUT2D eigenvalue weighted by Crippen LogP contribution is 2.20. The molecule has 0 saturated heterocycles. The molecule has 84 valence electrons. The summed E-state index contributed by atoms with van der Waals surface area (Å²) < 4.78 is 12.7. The second-order valence-corrected chi connectivity index (χ2v) is 3.45. The van der Waals surface area contributed by atoms with Crippen LogP contribution in [-0.4, -0.2) is 19.9 Å². The molecule has 0 aromatic carbocycles. The lowest BCUT2D eigenvalue weighted by atomic mass is 10.3. The maximum absolute atomic E-state index is 12.7. The summed E-state index contributed by atoms with van der Waals surface area (Å²) in [4.78, 5) is 15.1. The molecule has 0 atom stereocenters. The van der Waals surface area contributed by atoms with Crippen molar-refractivity contribution in [3.63, 3.8) is 0 Å². The third-order valence-electron chi connectivity index (χ3n) is 2.33. The van der Waals surface area contributed by atoms with Gasteiger partial charge in [0.15, 0.2) is 0 Å². The van der Waals surface area contributed by atoms with E-state index < -0.39 is 0 Å². The van der Waals surface area contributed by atoms with Gasteiger partial charge in [0.05, 0.1) is 11.6 Å². The van der Waals surface area contributed by atoms with Crippen molar-refractivity contribution in [2.75, 3.05) is 5.32 Å². The number of hydrogen-bond acceptors (Lipinski definition) is 4. The largest absolute Gasteiger partial charge is 0.346 e. The van der Waals surface area contributed by atoms with Crippen LogP contribution in [0.2, 0.25) is 0 Å². The van der Waals surface area contributed by atoms with Gasteiger partial charge in [-0.05, 0) is 18.2 Å². The zero-order valence-electron chi connectivity index (χ0n) is 8.68. The number of hydrogen-bond donors (Lipinski definition) is 2. The maximum atomic E-state index is 12.7. The standard InChI is InChI=1S/C11H8FN5/c12-7-1-2-9(14-5-7)17-11-8-3-4-13-10(8)15-6-16-11/h1-6H,(H2,13,14,15,16,17). The molecule has 6 heteroatoms. The molecule has 0 aliphatic rings. The average molecular weight is 229 g/mol. The molecule has 5 nitrogen and oxygen atoms in total. The van der Waals surface area contributed by atoms with E-state index in [0.29, 0.717) is 11.6 Å². The quantitative estimate of drug-likeness (QED) is 0.707. The van der Waals surface area contributed by atoms with Crippen molar-refractivity contribution in [3.05, 3.63) is 42.7 Å². The minimum atomic E-state index is -0.370. The number of nitrogens with one attached hydrogen (secondary N) is 2. The normalized spacial score (nSPS) is 10.6. The van der Waals surface area contributed by atoms with Crippen LogP contribution in [0.5, 0.6) is 0 Å². The van der Waals surface area contributed by atoms with Crippen LogP contribution in [0.25, 0.3) is 11.0 Å². The van der Waals surface area contributed by atoms with E-state index >= 15 is 0 Å². The Hall–Kier alpha value is -2.50. The molecule has 3 aromatic rings. The van der Waals surface area contributed by atoms with Gasteiger partial charge in [-0.15, -0.1) is 0 Å². The van der Waals surface area contributed by atoms with Gasteiger partial charge in [0.2, 0.25) is 0 Å². The molecule has 3 rings (SSSR count). The Morgan fingerprint density at radius 1 is 1.12 bits per heavy atom. The first-order chi connectivity index (χ1) is 8.33. The van der Waals surface area contributed by atoms with Gasteiger partial charge in [0.25, 0.3) is 0 Å². The molecule has 3 aromatic heterocycles. The van der Waals surface area contributed by atoms with Crippen molar-refractivity contribution in [1.82, 2.24) is 19.9 Å². The number of nitrogens with zero attached hydrogens (tertiary/aromatic N) is 3. The van der Waals surface area contributed by atoms with Gasteiger partial charge in [-0.3, -0.25) is 0 Å². The van der Waals surface area contributed by atoms with Crippen molar-refractivity contribution >= 4 is 22.7 Å². The summed E-state index contributed by atoms with van der Waals surface area (Å²) in [6.45, 7) is 0. The van der Waals surface area contributed by atoms with Gasteiger partial charge in [-0.1, -0.05) is 0 Å². The first kappa shape index (κ1) is 9.71. The Bertz CT molecular complexity index is 646. The van der Waals surface area contributed by atoms with Crippen molar-refractivity contribution in [3.8, 4) is 0 Å². The summed E-state index contributed by atoms with van der Waals surface area (Å²) in [5.74, 6) is 0.799. The number of aromatic nitrogens is 4. The van der Waals surface area contributed by atoms with E-state index in [1.54, 1.807) is 12.3 Å². The highest BCUT2D eigenvalue weighted by Gasteiger charge is 2.04. The minimum Gasteiger partial charge on any atom is -0.346 e. The van der Waals surface area contributed by atoms with E-state index in [4.69, 9.17) is 0 Å². The predicted octanol–water partition coefficient (Wildman–Crippen LogP) is 2.24. The summed E-state index contributed by atoms with van der Waals surface area (Å²) in [6.07, 6.45) is 4.38. The van der Waals surface area contributed by atoms with E-state index in [0.717, 1.165) is 17.2 Å². The van der Waals surface area contributed by atoms with Crippen LogP contribution < -0.4 is 5.32 Å². The summed E-state index contributed by atoms with van der Waals surface area (Å²) in [6, 6.07) is 4.75. The first-order valence-corrected chi connectivity index (χ1v) is 4.99. The van der Waals surface area contributed by atoms with Gasteiger partial charge in [-0.25, -0.2) is 19.3 Å². The van der Waals surface area contributed by atoms with Crippen LogP contribution in [0, 0.1) is 5.82 Å². The lowest BCUT2D eigenvalue weighted by Crippen LogP contribution is -1.97. The smallest absolute Gasteiger partial charge is 0.144 e. The zero-order chi connectivity index (χ0) is 11.7. The molecular formula is C11H8FN5. The van der Waals surface area contributed by atoms with Gasteiger partial charge >= 0.3 is 0 Å². The van der Waals surface area contributed by atoms with Crippen LogP contribution >= 0.6 is 0 Å². The van der Waals surface area contributed by atoms with Gasteiger partial charge < -0.3 is 10.3 Å². The molecule has 0 fully saturated rings. The Balaban J connectivity index is 1.99. The van der Waals surface area contributed by atoms with Crippen molar-refractivity contribution in [2.24, 2.45) is 0 Å². The van der Waals surface area contributed by atoms with Gasteiger partial charge in [0, 0.05) is 6.20 Å². The predicted molar refractivity (Wildman–Crippen MR) is 61.4 cm³/mol. The number of rotatable bonds is 2. The minimum absolute atomic E-state index is 0.370. The number of anilines is 2. The fourth-order valence-electron chi connectivity index (χ4n) is 1.54. The summed E-state index contributed by atoms with van der Waals surface area (Å²) in [7, 11) is 0. The highest BCUT2D eigenvalue weighted by atomic mass is 19.1. The summed E-state index contributed by atoms with van der Waals surface area (Å²) >= 11 is 0. The van der Waals surface area contributed by atoms with Crippen LogP contribution in [0.4, 0.5) is 16.0 Å². The van der Waals surface area contributed by atoms with E-state index in [-0.39, 0.29) is 5.82 Å². The molecule has 17 heavy (non-hydrogen) atoms. The van der Waals surface area contributed by atoms with Crippen LogP contribution in [-0.2, 0) is 0 Å². The first-order valence-electron chi connectivity index (χ1n) is 4.99. The second kappa shape index (κ2) is 3.82. The number of halogens is 1. The number of pyridine rings is 1. The average Bonchev–Trinajstić information content (AvgIpc) is 2.81. The SMILES string of the molecule is Fc1ccc(Nc2ncnc3[nH]ccc23)nc1. The molecule has 0 radical (unpaired) electrons. The fraction of sp³-hybridized carbons (Fsp3) is 0. The van der Waals surface area contributed by atoms with Crippen LogP contribution in [0.15, 0.2) is 36.9 Å². The highest BCUT2D eigenvalue weighted by molar-refractivity contribution is 5.88. The monoisotopic (exact) mass is 229 g/mol. The topological polar surface area (TPSA) is 66.5 Å². The Morgan fingerprint density at radius 2 is 2.06 bits per heavy atom. The lowest BCUT2D eigenvalue weighted by molar-refractivity contribution is 0.622. The summed E-state index contributed by atoms with van der Waals surface area (Å²) in [5.41, 5.74) is 0.740.